The fourth-order valence-corrected chi connectivity index (χ4v) is 3.77. The Bertz CT molecular complexity index is 1420. The molecule has 7 heteroatoms. The van der Waals surface area contributed by atoms with Crippen molar-refractivity contribution >= 4 is 33.4 Å². The summed E-state index contributed by atoms with van der Waals surface area (Å²) in [4.78, 5) is 30.0. The third kappa shape index (κ3) is 3.46. The number of hydrogen-bond donors (Lipinski definition) is 2. The molecule has 31 heavy (non-hydrogen) atoms. The first-order valence-electron chi connectivity index (χ1n) is 9.90. The van der Waals surface area contributed by atoms with Crippen LogP contribution in [0.25, 0.3) is 33.2 Å². The summed E-state index contributed by atoms with van der Waals surface area (Å²) in [6.07, 6.45) is 0. The van der Waals surface area contributed by atoms with Crippen molar-refractivity contribution in [2.75, 3.05) is 5.32 Å². The summed E-state index contributed by atoms with van der Waals surface area (Å²) in [7, 11) is 0. The van der Waals surface area contributed by atoms with Gasteiger partial charge >= 0.3 is 0 Å². The second kappa shape index (κ2) is 7.53. The van der Waals surface area contributed by atoms with Gasteiger partial charge in [0, 0.05) is 22.0 Å². The fraction of sp³-hybridized carbons (Fsp3) is 0.0833. The summed E-state index contributed by atoms with van der Waals surface area (Å²) in [5.41, 5.74) is 2.98. The van der Waals surface area contributed by atoms with Crippen LogP contribution in [0, 0.1) is 6.92 Å². The topological polar surface area (TPSA) is 92.7 Å². The lowest BCUT2D eigenvalue weighted by Crippen LogP contribution is -2.21. The minimum absolute atomic E-state index is 0.0272. The van der Waals surface area contributed by atoms with E-state index in [4.69, 9.17) is 0 Å². The molecule has 5 rings (SSSR count). The van der Waals surface area contributed by atoms with Crippen molar-refractivity contribution in [2.24, 2.45) is 0 Å². The normalized spacial score (nSPS) is 11.1. The average Bonchev–Trinajstić information content (AvgIpc) is 3.23. The van der Waals surface area contributed by atoms with Gasteiger partial charge in [0.2, 0.25) is 5.91 Å². The number of benzene rings is 3. The summed E-state index contributed by atoms with van der Waals surface area (Å²) < 4.78 is 1.88. The molecule has 0 atom stereocenters. The summed E-state index contributed by atoms with van der Waals surface area (Å²) in [5, 5.41) is 11.1. The van der Waals surface area contributed by atoms with Gasteiger partial charge in [0.25, 0.3) is 0 Å². The molecule has 2 heterocycles. The standard InChI is InChI=1S/C24H19N5O2/c1-15-25-24(28-27-15)16-10-12-17(13-11-16)26-22(30)14-29-20-8-4-2-6-18(20)23(31)19-7-3-5-9-21(19)29/h2-13H,14H2,1H3,(H,26,30)(H,25,27,28). The predicted molar refractivity (Wildman–Crippen MR) is 121 cm³/mol. The molecule has 0 radical (unpaired) electrons. The fourth-order valence-electron chi connectivity index (χ4n) is 3.77. The van der Waals surface area contributed by atoms with Crippen molar-refractivity contribution in [2.45, 2.75) is 13.5 Å². The van der Waals surface area contributed by atoms with Gasteiger partial charge in [-0.05, 0) is 55.5 Å². The number of fused-ring (bicyclic) bond motifs is 2. The summed E-state index contributed by atoms with van der Waals surface area (Å²) in [5.74, 6) is 1.18. The first-order valence-corrected chi connectivity index (χ1v) is 9.90. The van der Waals surface area contributed by atoms with Crippen molar-refractivity contribution in [1.82, 2.24) is 19.7 Å². The number of aromatic amines is 1. The Labute approximate surface area is 177 Å². The molecule has 0 saturated carbocycles. The zero-order chi connectivity index (χ0) is 21.4. The largest absolute Gasteiger partial charge is 0.331 e. The highest BCUT2D eigenvalue weighted by molar-refractivity contribution is 5.97. The smallest absolute Gasteiger partial charge is 0.244 e. The lowest BCUT2D eigenvalue weighted by Gasteiger charge is -2.15. The Kier molecular flexibility index (Phi) is 4.55. The lowest BCUT2D eigenvalue weighted by atomic mass is 10.1. The summed E-state index contributed by atoms with van der Waals surface area (Å²) in [6, 6.07) is 22.1. The van der Waals surface area contributed by atoms with Crippen LogP contribution >= 0.6 is 0 Å². The first kappa shape index (κ1) is 18.7. The Balaban J connectivity index is 1.45. The van der Waals surface area contributed by atoms with Crippen LogP contribution in [0.4, 0.5) is 5.69 Å². The third-order valence-corrected chi connectivity index (χ3v) is 5.20. The predicted octanol–water partition coefficient (Wildman–Crippen LogP) is 3.89. The molecule has 1 amide bonds. The minimum atomic E-state index is -0.180. The number of aromatic nitrogens is 4. The molecule has 0 saturated heterocycles. The van der Waals surface area contributed by atoms with E-state index in [1.807, 2.05) is 72.2 Å². The van der Waals surface area contributed by atoms with Gasteiger partial charge in [-0.3, -0.25) is 14.7 Å². The molecule has 152 valence electrons. The maximum absolute atomic E-state index is 12.9. The van der Waals surface area contributed by atoms with Crippen LogP contribution in [0.2, 0.25) is 0 Å². The van der Waals surface area contributed by atoms with E-state index >= 15 is 0 Å². The second-order valence-electron chi connectivity index (χ2n) is 7.32. The van der Waals surface area contributed by atoms with Crippen molar-refractivity contribution in [3.05, 3.63) is 88.8 Å². The summed E-state index contributed by atoms with van der Waals surface area (Å²) >= 11 is 0. The number of pyridine rings is 1. The van der Waals surface area contributed by atoms with Gasteiger partial charge < -0.3 is 9.88 Å². The maximum Gasteiger partial charge on any atom is 0.244 e. The number of carbonyl (C=O) groups is 1. The van der Waals surface area contributed by atoms with E-state index in [9.17, 15) is 9.59 Å². The molecule has 0 unspecified atom stereocenters. The van der Waals surface area contributed by atoms with Crippen molar-refractivity contribution in [3.63, 3.8) is 0 Å². The molecule has 0 aliphatic carbocycles. The van der Waals surface area contributed by atoms with E-state index in [2.05, 4.69) is 20.5 Å². The van der Waals surface area contributed by atoms with Crippen molar-refractivity contribution in [3.8, 4) is 11.4 Å². The van der Waals surface area contributed by atoms with E-state index in [0.717, 1.165) is 22.4 Å². The number of anilines is 1. The Morgan fingerprint density at radius 1 is 0.935 bits per heavy atom. The zero-order valence-electron chi connectivity index (χ0n) is 16.8. The molecule has 0 fully saturated rings. The second-order valence-corrected chi connectivity index (χ2v) is 7.32. The zero-order valence-corrected chi connectivity index (χ0v) is 16.8. The lowest BCUT2D eigenvalue weighted by molar-refractivity contribution is -0.116. The van der Waals surface area contributed by atoms with Crippen LogP contribution in [0.1, 0.15) is 5.82 Å². The molecule has 0 bridgehead atoms. The van der Waals surface area contributed by atoms with Crippen LogP contribution in [0.15, 0.2) is 77.6 Å². The SMILES string of the molecule is Cc1nc(-c2ccc(NC(=O)Cn3c4ccccc4c(=O)c4ccccc43)cc2)n[nH]1. The van der Waals surface area contributed by atoms with Crippen LogP contribution in [-0.4, -0.2) is 25.7 Å². The number of hydrogen-bond acceptors (Lipinski definition) is 4. The molecule has 5 aromatic rings. The molecular formula is C24H19N5O2. The number of H-pyrrole nitrogens is 1. The highest BCUT2D eigenvalue weighted by Crippen LogP contribution is 2.20. The molecule has 2 N–H and O–H groups in total. The Morgan fingerprint density at radius 2 is 1.55 bits per heavy atom. The number of rotatable bonds is 4. The molecule has 0 spiro atoms. The van der Waals surface area contributed by atoms with Crippen LogP contribution in [0.3, 0.4) is 0 Å². The monoisotopic (exact) mass is 409 g/mol. The van der Waals surface area contributed by atoms with E-state index < -0.39 is 0 Å². The highest BCUT2D eigenvalue weighted by Gasteiger charge is 2.13. The van der Waals surface area contributed by atoms with Crippen molar-refractivity contribution < 1.29 is 4.79 Å². The van der Waals surface area contributed by atoms with Crippen LogP contribution in [0.5, 0.6) is 0 Å². The third-order valence-electron chi connectivity index (χ3n) is 5.20. The molecular weight excluding hydrogens is 390 g/mol. The van der Waals surface area contributed by atoms with E-state index in [1.165, 1.54) is 0 Å². The van der Waals surface area contributed by atoms with Gasteiger partial charge in [0.1, 0.15) is 12.4 Å². The number of amides is 1. The number of nitrogens with one attached hydrogen (secondary N) is 2. The van der Waals surface area contributed by atoms with Crippen LogP contribution < -0.4 is 10.7 Å². The van der Waals surface area contributed by atoms with Gasteiger partial charge in [-0.2, -0.15) is 5.10 Å². The van der Waals surface area contributed by atoms with Gasteiger partial charge in [0.05, 0.1) is 11.0 Å². The average molecular weight is 409 g/mol. The molecule has 0 aliphatic rings. The maximum atomic E-state index is 12.9. The summed E-state index contributed by atoms with van der Waals surface area (Å²) in [6.45, 7) is 1.93. The number of nitrogens with zero attached hydrogens (tertiary/aromatic N) is 3. The quantitative estimate of drug-likeness (QED) is 0.441. The number of para-hydroxylation sites is 2. The Hall–Kier alpha value is -4.26. The first-order chi connectivity index (χ1) is 15.1. The molecule has 7 nitrogen and oxygen atoms in total. The molecule has 2 aromatic heterocycles. The van der Waals surface area contributed by atoms with E-state index in [0.29, 0.717) is 22.3 Å². The van der Waals surface area contributed by atoms with Gasteiger partial charge in [0.15, 0.2) is 11.3 Å². The molecule has 0 aliphatic heterocycles. The number of carbonyl (C=O) groups excluding carboxylic acids is 1. The highest BCUT2D eigenvalue weighted by atomic mass is 16.2. The van der Waals surface area contributed by atoms with Gasteiger partial charge in [-0.15, -0.1) is 0 Å². The van der Waals surface area contributed by atoms with E-state index in [-0.39, 0.29) is 17.9 Å². The van der Waals surface area contributed by atoms with Gasteiger partial charge in [-0.25, -0.2) is 4.98 Å². The van der Waals surface area contributed by atoms with Gasteiger partial charge in [-0.1, -0.05) is 24.3 Å². The van der Waals surface area contributed by atoms with E-state index in [1.54, 1.807) is 12.1 Å². The number of aryl methyl sites for hydroxylation is 1. The molecule has 3 aromatic carbocycles. The van der Waals surface area contributed by atoms with Crippen LogP contribution in [-0.2, 0) is 11.3 Å². The minimum Gasteiger partial charge on any atom is -0.331 e. The van der Waals surface area contributed by atoms with Crippen molar-refractivity contribution in [1.29, 1.82) is 0 Å². The Morgan fingerprint density at radius 3 is 2.13 bits per heavy atom.